The van der Waals surface area contributed by atoms with Crippen molar-refractivity contribution >= 4 is 22.4 Å². The van der Waals surface area contributed by atoms with Gasteiger partial charge in [0.2, 0.25) is 0 Å². The van der Waals surface area contributed by atoms with Gasteiger partial charge in [-0.25, -0.2) is 9.97 Å². The normalized spacial score (nSPS) is 10.3. The van der Waals surface area contributed by atoms with Crippen molar-refractivity contribution in [2.45, 2.75) is 0 Å². The molecule has 1 N–H and O–H groups in total. The molecule has 0 aliphatic rings. The molecule has 3 rings (SSSR count). The van der Waals surface area contributed by atoms with Gasteiger partial charge in [0.15, 0.2) is 10.9 Å². The van der Waals surface area contributed by atoms with E-state index in [4.69, 9.17) is 4.42 Å². The van der Waals surface area contributed by atoms with Crippen molar-refractivity contribution in [3.8, 4) is 11.3 Å². The average Bonchev–Trinajstić information content (AvgIpc) is 3.10. The first kappa shape index (κ1) is 11.6. The van der Waals surface area contributed by atoms with Crippen molar-refractivity contribution in [2.75, 3.05) is 5.32 Å². The lowest BCUT2D eigenvalue weighted by atomic mass is 10.2. The minimum Gasteiger partial charge on any atom is -0.432 e. The van der Waals surface area contributed by atoms with E-state index in [1.54, 1.807) is 11.6 Å². The van der Waals surface area contributed by atoms with Crippen LogP contribution in [0.4, 0.5) is 5.13 Å². The summed E-state index contributed by atoms with van der Waals surface area (Å²) in [5.74, 6) is 0.177. The van der Waals surface area contributed by atoms with Crippen LogP contribution in [0.15, 0.2) is 52.5 Å². The quantitative estimate of drug-likeness (QED) is 0.795. The van der Waals surface area contributed by atoms with Crippen LogP contribution in [-0.2, 0) is 0 Å². The predicted molar refractivity (Wildman–Crippen MR) is 72.0 cm³/mol. The van der Waals surface area contributed by atoms with Gasteiger partial charge >= 0.3 is 5.91 Å². The number of carbonyl (C=O) groups excluding carboxylic acids is 1. The van der Waals surface area contributed by atoms with E-state index in [0.29, 0.717) is 10.9 Å². The third-order valence-electron chi connectivity index (χ3n) is 2.41. The molecule has 0 atom stereocenters. The molecule has 1 aromatic carbocycles. The van der Waals surface area contributed by atoms with Gasteiger partial charge in [0.1, 0.15) is 0 Å². The smallest absolute Gasteiger partial charge is 0.313 e. The molecule has 19 heavy (non-hydrogen) atoms. The van der Waals surface area contributed by atoms with E-state index in [9.17, 15) is 4.79 Å². The minimum absolute atomic E-state index is 0.0223. The summed E-state index contributed by atoms with van der Waals surface area (Å²) in [4.78, 5) is 19.8. The second kappa shape index (κ2) is 5.03. The molecule has 2 heterocycles. The molecule has 5 nitrogen and oxygen atoms in total. The van der Waals surface area contributed by atoms with Crippen LogP contribution in [0.1, 0.15) is 10.7 Å². The van der Waals surface area contributed by atoms with Crippen molar-refractivity contribution < 1.29 is 9.21 Å². The Morgan fingerprint density at radius 3 is 2.79 bits per heavy atom. The molecule has 0 aliphatic heterocycles. The third kappa shape index (κ3) is 2.53. The maximum Gasteiger partial charge on any atom is 0.313 e. The molecule has 0 saturated carbocycles. The summed E-state index contributed by atoms with van der Waals surface area (Å²) in [6, 6.07) is 9.49. The second-order valence-electron chi connectivity index (χ2n) is 3.69. The predicted octanol–water partition coefficient (Wildman–Crippen LogP) is 3.05. The highest BCUT2D eigenvalue weighted by atomic mass is 32.1. The summed E-state index contributed by atoms with van der Waals surface area (Å²) in [5, 5.41) is 4.91. The van der Waals surface area contributed by atoms with Crippen molar-refractivity contribution in [3.63, 3.8) is 0 Å². The van der Waals surface area contributed by atoms with Crippen molar-refractivity contribution in [1.82, 2.24) is 9.97 Å². The van der Waals surface area contributed by atoms with Gasteiger partial charge in [-0.2, -0.15) is 0 Å². The number of hydrogen-bond acceptors (Lipinski definition) is 5. The summed E-state index contributed by atoms with van der Waals surface area (Å²) < 4.78 is 5.43. The van der Waals surface area contributed by atoms with Gasteiger partial charge in [-0.05, 0) is 0 Å². The third-order valence-corrected chi connectivity index (χ3v) is 3.10. The molecule has 0 spiro atoms. The highest BCUT2D eigenvalue weighted by Crippen LogP contribution is 2.20. The number of benzene rings is 1. The van der Waals surface area contributed by atoms with Gasteiger partial charge in [0.05, 0.1) is 6.20 Å². The Bertz CT molecular complexity index is 677. The van der Waals surface area contributed by atoms with Crippen molar-refractivity contribution in [3.05, 3.63) is 54.0 Å². The number of nitrogens with one attached hydrogen (secondary N) is 1. The maximum absolute atomic E-state index is 11.9. The number of amides is 1. The Labute approximate surface area is 112 Å². The van der Waals surface area contributed by atoms with E-state index >= 15 is 0 Å². The number of nitrogens with zero attached hydrogens (tertiary/aromatic N) is 2. The fourth-order valence-corrected chi connectivity index (χ4v) is 2.07. The molecule has 94 valence electrons. The van der Waals surface area contributed by atoms with Gasteiger partial charge in [0, 0.05) is 17.1 Å². The number of hydrogen-bond donors (Lipinski definition) is 1. The van der Waals surface area contributed by atoms with Crippen LogP contribution in [0.2, 0.25) is 0 Å². The molecule has 2 aromatic heterocycles. The van der Waals surface area contributed by atoms with E-state index in [0.717, 1.165) is 5.56 Å². The summed E-state index contributed by atoms with van der Waals surface area (Å²) in [5.41, 5.74) is 0.878. The first-order valence-electron chi connectivity index (χ1n) is 5.55. The zero-order chi connectivity index (χ0) is 13.1. The summed E-state index contributed by atoms with van der Waals surface area (Å²) >= 11 is 1.34. The van der Waals surface area contributed by atoms with Crippen molar-refractivity contribution in [1.29, 1.82) is 0 Å². The van der Waals surface area contributed by atoms with Gasteiger partial charge in [-0.3, -0.25) is 10.1 Å². The number of oxazole rings is 1. The zero-order valence-corrected chi connectivity index (χ0v) is 10.6. The molecule has 6 heteroatoms. The fraction of sp³-hybridized carbons (Fsp3) is 0. The molecule has 3 aromatic rings. The number of carbonyl (C=O) groups is 1. The van der Waals surface area contributed by atoms with E-state index < -0.39 is 5.91 Å². The van der Waals surface area contributed by atoms with Crippen LogP contribution in [0.3, 0.4) is 0 Å². The minimum atomic E-state index is -0.405. The average molecular weight is 271 g/mol. The highest BCUT2D eigenvalue weighted by Gasteiger charge is 2.15. The molecule has 0 radical (unpaired) electrons. The lowest BCUT2D eigenvalue weighted by Crippen LogP contribution is -2.11. The van der Waals surface area contributed by atoms with E-state index in [1.807, 2.05) is 30.3 Å². The lowest BCUT2D eigenvalue weighted by Gasteiger charge is -1.96. The van der Waals surface area contributed by atoms with Crippen LogP contribution in [0, 0.1) is 0 Å². The Hall–Kier alpha value is -2.47. The monoisotopic (exact) mass is 271 g/mol. The maximum atomic E-state index is 11.9. The molecule has 0 unspecified atom stereocenters. The summed E-state index contributed by atoms with van der Waals surface area (Å²) in [6.45, 7) is 0. The Kier molecular flexibility index (Phi) is 3.07. The molecule has 0 aliphatic carbocycles. The van der Waals surface area contributed by atoms with Crippen LogP contribution in [-0.4, -0.2) is 15.9 Å². The number of aromatic nitrogens is 2. The summed E-state index contributed by atoms with van der Waals surface area (Å²) in [7, 11) is 0. The lowest BCUT2D eigenvalue weighted by molar-refractivity contribution is 0.0991. The van der Waals surface area contributed by atoms with Crippen LogP contribution in [0.25, 0.3) is 11.3 Å². The first-order valence-corrected chi connectivity index (χ1v) is 6.43. The van der Waals surface area contributed by atoms with Crippen LogP contribution in [0.5, 0.6) is 0 Å². The standard InChI is InChI=1S/C13H9N3O2S/c17-11(16-13-14-6-7-19-13)12-15-8-10(18-12)9-4-2-1-3-5-9/h1-8H,(H,14,16,17). The van der Waals surface area contributed by atoms with Gasteiger partial charge in [0.25, 0.3) is 5.89 Å². The van der Waals surface area contributed by atoms with E-state index in [2.05, 4.69) is 15.3 Å². The van der Waals surface area contributed by atoms with Gasteiger partial charge in [-0.15, -0.1) is 11.3 Å². The highest BCUT2D eigenvalue weighted by molar-refractivity contribution is 7.13. The zero-order valence-electron chi connectivity index (χ0n) is 9.74. The molecule has 1 amide bonds. The topological polar surface area (TPSA) is 68.0 Å². The van der Waals surface area contributed by atoms with Gasteiger partial charge < -0.3 is 4.42 Å². The number of rotatable bonds is 3. The number of thiazole rings is 1. The Morgan fingerprint density at radius 2 is 2.05 bits per heavy atom. The number of anilines is 1. The fourth-order valence-electron chi connectivity index (χ4n) is 1.55. The SMILES string of the molecule is O=C(Nc1nccs1)c1ncc(-c2ccccc2)o1. The van der Waals surface area contributed by atoms with E-state index in [-0.39, 0.29) is 5.89 Å². The molecule has 0 bridgehead atoms. The summed E-state index contributed by atoms with van der Waals surface area (Å²) in [6.07, 6.45) is 3.15. The Balaban J connectivity index is 1.80. The van der Waals surface area contributed by atoms with Crippen molar-refractivity contribution in [2.24, 2.45) is 0 Å². The molecule has 0 saturated heterocycles. The second-order valence-corrected chi connectivity index (χ2v) is 4.58. The molecule has 0 fully saturated rings. The first-order chi connectivity index (χ1) is 9.33. The van der Waals surface area contributed by atoms with Crippen LogP contribution < -0.4 is 5.32 Å². The van der Waals surface area contributed by atoms with E-state index in [1.165, 1.54) is 17.5 Å². The van der Waals surface area contributed by atoms with Crippen LogP contribution >= 0.6 is 11.3 Å². The Morgan fingerprint density at radius 1 is 1.21 bits per heavy atom. The molecular weight excluding hydrogens is 262 g/mol. The largest absolute Gasteiger partial charge is 0.432 e. The van der Waals surface area contributed by atoms with Gasteiger partial charge in [-0.1, -0.05) is 30.3 Å². The molecular formula is C13H9N3O2S.